The van der Waals surface area contributed by atoms with Gasteiger partial charge in [0.05, 0.1) is 11.8 Å². The van der Waals surface area contributed by atoms with Crippen LogP contribution in [0, 0.1) is 6.92 Å². The summed E-state index contributed by atoms with van der Waals surface area (Å²) in [5, 5.41) is 14.7. The first-order valence-corrected chi connectivity index (χ1v) is 6.21. The highest BCUT2D eigenvalue weighted by molar-refractivity contribution is 5.22. The molecule has 1 atom stereocenters. The molecule has 0 saturated carbocycles. The Bertz CT molecular complexity index is 519. The van der Waals surface area contributed by atoms with E-state index in [0.717, 1.165) is 17.0 Å². The average molecular weight is 245 g/mol. The smallest absolute Gasteiger partial charge is 0.0863 e. The summed E-state index contributed by atoms with van der Waals surface area (Å²) < 4.78 is 1.90. The van der Waals surface area contributed by atoms with Gasteiger partial charge >= 0.3 is 0 Å². The minimum Gasteiger partial charge on any atom is -0.388 e. The second-order valence-corrected chi connectivity index (χ2v) is 4.78. The molecule has 4 heteroatoms. The van der Waals surface area contributed by atoms with Crippen LogP contribution in [0.3, 0.4) is 0 Å². The minimum atomic E-state index is -0.547. The molecule has 0 aliphatic heterocycles. The third kappa shape index (κ3) is 2.76. The molecule has 0 spiro atoms. The van der Waals surface area contributed by atoms with Crippen LogP contribution >= 0.6 is 0 Å². The fraction of sp³-hybridized carbons (Fsp3) is 0.429. The first-order valence-electron chi connectivity index (χ1n) is 6.21. The van der Waals surface area contributed by atoms with E-state index < -0.39 is 6.10 Å². The van der Waals surface area contributed by atoms with Crippen molar-refractivity contribution in [3.05, 3.63) is 47.5 Å². The van der Waals surface area contributed by atoms with Crippen LogP contribution in [0.25, 0.3) is 0 Å². The Morgan fingerprint density at radius 3 is 2.72 bits per heavy atom. The van der Waals surface area contributed by atoms with Crippen molar-refractivity contribution in [3.8, 4) is 0 Å². The normalized spacial score (nSPS) is 12.9. The predicted octanol–water partition coefficient (Wildman–Crippen LogP) is 2.44. The second kappa shape index (κ2) is 5.31. The van der Waals surface area contributed by atoms with Gasteiger partial charge in [0.15, 0.2) is 0 Å². The highest BCUT2D eigenvalue weighted by atomic mass is 16.3. The van der Waals surface area contributed by atoms with Crippen LogP contribution in [-0.4, -0.2) is 19.9 Å². The molecule has 4 nitrogen and oxygen atoms in total. The van der Waals surface area contributed by atoms with E-state index >= 15 is 0 Å². The number of aliphatic hydroxyl groups excluding tert-OH is 1. The van der Waals surface area contributed by atoms with Crippen molar-refractivity contribution in [1.82, 2.24) is 14.8 Å². The van der Waals surface area contributed by atoms with E-state index in [0.29, 0.717) is 12.5 Å². The maximum Gasteiger partial charge on any atom is 0.0863 e. The number of aryl methyl sites for hydroxylation is 1. The molecule has 96 valence electrons. The van der Waals surface area contributed by atoms with Crippen molar-refractivity contribution in [2.24, 2.45) is 0 Å². The Hall–Kier alpha value is -1.68. The molecule has 0 saturated heterocycles. The highest BCUT2D eigenvalue weighted by Crippen LogP contribution is 2.19. The van der Waals surface area contributed by atoms with Gasteiger partial charge in [0.2, 0.25) is 0 Å². The number of aliphatic hydroxyl groups is 1. The average Bonchev–Trinajstić information content (AvgIpc) is 2.78. The minimum absolute atomic E-state index is 0.344. The van der Waals surface area contributed by atoms with Crippen LogP contribution in [0.4, 0.5) is 0 Å². The molecule has 2 aromatic heterocycles. The summed E-state index contributed by atoms with van der Waals surface area (Å²) in [5.74, 6) is 0. The van der Waals surface area contributed by atoms with Crippen molar-refractivity contribution < 1.29 is 5.11 Å². The van der Waals surface area contributed by atoms with Gasteiger partial charge < -0.3 is 5.11 Å². The largest absolute Gasteiger partial charge is 0.388 e. The van der Waals surface area contributed by atoms with Gasteiger partial charge in [0.1, 0.15) is 0 Å². The van der Waals surface area contributed by atoms with Crippen molar-refractivity contribution in [1.29, 1.82) is 0 Å². The van der Waals surface area contributed by atoms with Crippen molar-refractivity contribution in [2.45, 2.75) is 39.3 Å². The number of hydrogen-bond acceptors (Lipinski definition) is 3. The molecule has 0 fully saturated rings. The predicted molar refractivity (Wildman–Crippen MR) is 70.2 cm³/mol. The zero-order valence-electron chi connectivity index (χ0n) is 11.0. The molecular weight excluding hydrogens is 226 g/mol. The van der Waals surface area contributed by atoms with E-state index in [4.69, 9.17) is 0 Å². The summed E-state index contributed by atoms with van der Waals surface area (Å²) in [6.45, 7) is 6.07. The summed E-state index contributed by atoms with van der Waals surface area (Å²) in [6, 6.07) is 6.05. The maximum atomic E-state index is 10.2. The molecule has 0 aliphatic carbocycles. The summed E-state index contributed by atoms with van der Waals surface area (Å²) >= 11 is 0. The molecule has 2 rings (SSSR count). The molecule has 1 N–H and O–H groups in total. The Morgan fingerprint density at radius 1 is 1.33 bits per heavy atom. The number of pyridine rings is 1. The molecule has 0 bridgehead atoms. The molecule has 0 aliphatic rings. The van der Waals surface area contributed by atoms with Crippen LogP contribution in [-0.2, 0) is 6.42 Å². The lowest BCUT2D eigenvalue weighted by Crippen LogP contribution is -2.07. The SMILES string of the molecule is Cc1ncccc1C(O)Cc1ccn(C(C)C)n1. The van der Waals surface area contributed by atoms with E-state index in [1.807, 2.05) is 36.0 Å². The topological polar surface area (TPSA) is 50.9 Å². The van der Waals surface area contributed by atoms with Gasteiger partial charge in [-0.3, -0.25) is 9.67 Å². The van der Waals surface area contributed by atoms with Crippen LogP contribution in [0.1, 0.15) is 42.9 Å². The fourth-order valence-electron chi connectivity index (χ4n) is 1.93. The van der Waals surface area contributed by atoms with E-state index in [1.165, 1.54) is 0 Å². The number of hydrogen-bond donors (Lipinski definition) is 1. The monoisotopic (exact) mass is 245 g/mol. The summed E-state index contributed by atoms with van der Waals surface area (Å²) in [5.41, 5.74) is 2.64. The molecular formula is C14H19N3O. The maximum absolute atomic E-state index is 10.2. The molecule has 18 heavy (non-hydrogen) atoms. The quantitative estimate of drug-likeness (QED) is 0.900. The lowest BCUT2D eigenvalue weighted by atomic mass is 10.0. The second-order valence-electron chi connectivity index (χ2n) is 4.78. The van der Waals surface area contributed by atoms with Crippen LogP contribution in [0.2, 0.25) is 0 Å². The summed E-state index contributed by atoms with van der Waals surface area (Å²) in [6.07, 6.45) is 3.66. The first-order chi connectivity index (χ1) is 8.58. The lowest BCUT2D eigenvalue weighted by molar-refractivity contribution is 0.175. The van der Waals surface area contributed by atoms with Crippen molar-refractivity contribution >= 4 is 0 Å². The first kappa shape index (κ1) is 12.8. The molecule has 2 heterocycles. The van der Waals surface area contributed by atoms with Gasteiger partial charge in [-0.1, -0.05) is 6.07 Å². The number of aromatic nitrogens is 3. The highest BCUT2D eigenvalue weighted by Gasteiger charge is 2.13. The third-order valence-corrected chi connectivity index (χ3v) is 3.00. The van der Waals surface area contributed by atoms with Gasteiger partial charge in [-0.15, -0.1) is 0 Å². The Labute approximate surface area is 107 Å². The van der Waals surface area contributed by atoms with Gasteiger partial charge in [0, 0.05) is 36.1 Å². The molecule has 0 radical (unpaired) electrons. The summed E-state index contributed by atoms with van der Waals surface area (Å²) in [4.78, 5) is 4.19. The van der Waals surface area contributed by atoms with Gasteiger partial charge in [-0.25, -0.2) is 0 Å². The van der Waals surface area contributed by atoms with Gasteiger partial charge in [-0.2, -0.15) is 5.10 Å². The van der Waals surface area contributed by atoms with Crippen LogP contribution in [0.5, 0.6) is 0 Å². The van der Waals surface area contributed by atoms with Gasteiger partial charge in [0.25, 0.3) is 0 Å². The standard InChI is InChI=1S/C14H19N3O/c1-10(2)17-8-6-12(16-17)9-14(18)13-5-4-7-15-11(13)3/h4-8,10,14,18H,9H2,1-3H3. The lowest BCUT2D eigenvalue weighted by Gasteiger charge is -2.11. The van der Waals surface area contributed by atoms with Crippen LogP contribution < -0.4 is 0 Å². The van der Waals surface area contributed by atoms with Gasteiger partial charge in [-0.05, 0) is 32.9 Å². The Morgan fingerprint density at radius 2 is 2.11 bits per heavy atom. The van der Waals surface area contributed by atoms with Crippen molar-refractivity contribution in [3.63, 3.8) is 0 Å². The molecule has 2 aromatic rings. The number of nitrogens with zero attached hydrogens (tertiary/aromatic N) is 3. The van der Waals surface area contributed by atoms with E-state index in [9.17, 15) is 5.11 Å². The molecule has 0 aromatic carbocycles. The number of rotatable bonds is 4. The van der Waals surface area contributed by atoms with Crippen LogP contribution in [0.15, 0.2) is 30.6 Å². The Kier molecular flexibility index (Phi) is 3.77. The summed E-state index contributed by atoms with van der Waals surface area (Å²) in [7, 11) is 0. The molecule has 1 unspecified atom stereocenters. The zero-order chi connectivity index (χ0) is 13.1. The molecule has 0 amide bonds. The third-order valence-electron chi connectivity index (χ3n) is 3.00. The van der Waals surface area contributed by atoms with Crippen molar-refractivity contribution in [2.75, 3.05) is 0 Å². The van der Waals surface area contributed by atoms with E-state index in [1.54, 1.807) is 6.20 Å². The van der Waals surface area contributed by atoms with E-state index in [-0.39, 0.29) is 0 Å². The Balaban J connectivity index is 2.11. The van der Waals surface area contributed by atoms with E-state index in [2.05, 4.69) is 23.9 Å². The zero-order valence-corrected chi connectivity index (χ0v) is 11.0. The fourth-order valence-corrected chi connectivity index (χ4v) is 1.93.